The van der Waals surface area contributed by atoms with Crippen molar-refractivity contribution in [2.45, 2.75) is 6.92 Å². The maximum atomic E-state index is 11.8. The smallest absolute Gasteiger partial charge is 0.337 e. The van der Waals surface area contributed by atoms with Gasteiger partial charge in [-0.2, -0.15) is 0 Å². The zero-order valence-corrected chi connectivity index (χ0v) is 11.4. The van der Waals surface area contributed by atoms with Crippen LogP contribution in [0.4, 0.5) is 5.69 Å². The monoisotopic (exact) mass is 296 g/mol. The molecule has 0 radical (unpaired) electrons. The summed E-state index contributed by atoms with van der Waals surface area (Å²) in [5.74, 6) is -1.53. The molecule has 0 atom stereocenters. The summed E-state index contributed by atoms with van der Waals surface area (Å²) in [6.45, 7) is 1.80. The SMILES string of the molecule is Cc1nc(C(=O)Nc2ccc(Cl)c(C(=O)O)c2)cs1. The molecule has 98 valence electrons. The number of rotatable bonds is 3. The number of halogens is 1. The first-order chi connectivity index (χ1) is 8.97. The highest BCUT2D eigenvalue weighted by Gasteiger charge is 2.13. The normalized spacial score (nSPS) is 10.2. The number of carboxylic acids is 1. The number of amides is 1. The summed E-state index contributed by atoms with van der Waals surface area (Å²) in [6.07, 6.45) is 0. The molecule has 7 heteroatoms. The van der Waals surface area contributed by atoms with Gasteiger partial charge in [-0.25, -0.2) is 9.78 Å². The minimum atomic E-state index is -1.15. The molecule has 0 aliphatic carbocycles. The highest BCUT2D eigenvalue weighted by atomic mass is 35.5. The Bertz CT molecular complexity index is 654. The first-order valence-electron chi connectivity index (χ1n) is 5.23. The predicted octanol–water partition coefficient (Wildman–Crippen LogP) is 3.06. The van der Waals surface area contributed by atoms with Crippen LogP contribution in [0.15, 0.2) is 23.6 Å². The van der Waals surface area contributed by atoms with Crippen LogP contribution in [0.1, 0.15) is 25.9 Å². The summed E-state index contributed by atoms with van der Waals surface area (Å²) in [6, 6.07) is 4.26. The number of carboxylic acid groups (broad SMARTS) is 1. The molecule has 19 heavy (non-hydrogen) atoms. The van der Waals surface area contributed by atoms with Gasteiger partial charge in [0.1, 0.15) is 5.69 Å². The number of hydrogen-bond acceptors (Lipinski definition) is 4. The number of benzene rings is 1. The van der Waals surface area contributed by atoms with E-state index < -0.39 is 5.97 Å². The highest BCUT2D eigenvalue weighted by Crippen LogP contribution is 2.21. The average molecular weight is 297 g/mol. The Hall–Kier alpha value is -1.92. The van der Waals surface area contributed by atoms with Crippen molar-refractivity contribution >= 4 is 40.5 Å². The third-order valence-electron chi connectivity index (χ3n) is 2.31. The van der Waals surface area contributed by atoms with E-state index in [9.17, 15) is 9.59 Å². The predicted molar refractivity (Wildman–Crippen MR) is 73.2 cm³/mol. The van der Waals surface area contributed by atoms with Gasteiger partial charge in [-0.1, -0.05) is 11.6 Å². The van der Waals surface area contributed by atoms with Crippen molar-refractivity contribution in [1.82, 2.24) is 4.98 Å². The van der Waals surface area contributed by atoms with Crippen molar-refractivity contribution in [3.05, 3.63) is 44.9 Å². The minimum absolute atomic E-state index is 0.0612. The van der Waals surface area contributed by atoms with Gasteiger partial charge in [0.2, 0.25) is 0 Å². The Labute approximate surface area is 117 Å². The van der Waals surface area contributed by atoms with Gasteiger partial charge in [-0.05, 0) is 25.1 Å². The van der Waals surface area contributed by atoms with Gasteiger partial charge >= 0.3 is 5.97 Å². The van der Waals surface area contributed by atoms with E-state index in [1.165, 1.54) is 29.5 Å². The first kappa shape index (κ1) is 13.5. The van der Waals surface area contributed by atoms with Crippen molar-refractivity contribution in [2.24, 2.45) is 0 Å². The number of nitrogens with zero attached hydrogens (tertiary/aromatic N) is 1. The minimum Gasteiger partial charge on any atom is -0.478 e. The Kier molecular flexibility index (Phi) is 3.82. The summed E-state index contributed by atoms with van der Waals surface area (Å²) >= 11 is 7.11. The van der Waals surface area contributed by atoms with E-state index in [1.54, 1.807) is 12.3 Å². The molecular formula is C12H9ClN2O3S. The molecule has 1 aromatic carbocycles. The van der Waals surface area contributed by atoms with Crippen LogP contribution in [0.5, 0.6) is 0 Å². The van der Waals surface area contributed by atoms with E-state index in [-0.39, 0.29) is 16.5 Å². The van der Waals surface area contributed by atoms with E-state index >= 15 is 0 Å². The fourth-order valence-electron chi connectivity index (χ4n) is 1.43. The molecule has 2 rings (SSSR count). The Morgan fingerprint density at radius 2 is 2.16 bits per heavy atom. The Balaban J connectivity index is 2.22. The molecule has 0 bridgehead atoms. The molecule has 2 aromatic rings. The lowest BCUT2D eigenvalue weighted by atomic mass is 10.2. The van der Waals surface area contributed by atoms with Crippen molar-refractivity contribution in [3.63, 3.8) is 0 Å². The molecular weight excluding hydrogens is 288 g/mol. The Morgan fingerprint density at radius 3 is 2.74 bits per heavy atom. The van der Waals surface area contributed by atoms with Gasteiger partial charge in [0.25, 0.3) is 5.91 Å². The summed E-state index contributed by atoms with van der Waals surface area (Å²) in [4.78, 5) is 26.8. The van der Waals surface area contributed by atoms with Crippen molar-refractivity contribution < 1.29 is 14.7 Å². The van der Waals surface area contributed by atoms with Crippen molar-refractivity contribution in [2.75, 3.05) is 5.32 Å². The zero-order chi connectivity index (χ0) is 14.0. The second-order valence-corrected chi connectivity index (χ2v) is 5.18. The van der Waals surface area contributed by atoms with Crippen molar-refractivity contribution in [3.8, 4) is 0 Å². The van der Waals surface area contributed by atoms with Crippen LogP contribution in [-0.2, 0) is 0 Å². The largest absolute Gasteiger partial charge is 0.478 e. The van der Waals surface area contributed by atoms with Gasteiger partial charge in [-0.15, -0.1) is 11.3 Å². The summed E-state index contributed by atoms with van der Waals surface area (Å²) in [7, 11) is 0. The second-order valence-electron chi connectivity index (χ2n) is 3.71. The number of carbonyl (C=O) groups is 2. The van der Waals surface area contributed by atoms with E-state index in [0.717, 1.165) is 5.01 Å². The zero-order valence-electron chi connectivity index (χ0n) is 9.81. The van der Waals surface area contributed by atoms with Crippen LogP contribution in [0.25, 0.3) is 0 Å². The number of aromatic nitrogens is 1. The first-order valence-corrected chi connectivity index (χ1v) is 6.49. The lowest BCUT2D eigenvalue weighted by molar-refractivity contribution is 0.0696. The third-order valence-corrected chi connectivity index (χ3v) is 3.41. The van der Waals surface area contributed by atoms with Gasteiger partial charge in [0.15, 0.2) is 0 Å². The van der Waals surface area contributed by atoms with E-state index in [4.69, 9.17) is 16.7 Å². The van der Waals surface area contributed by atoms with Gasteiger partial charge < -0.3 is 10.4 Å². The van der Waals surface area contributed by atoms with Crippen LogP contribution >= 0.6 is 22.9 Å². The maximum Gasteiger partial charge on any atom is 0.337 e. The number of thiazole rings is 1. The standard InChI is InChI=1S/C12H9ClN2O3S/c1-6-14-10(5-19-6)11(16)15-7-2-3-9(13)8(4-7)12(17)18/h2-5H,1H3,(H,15,16)(H,17,18). The van der Waals surface area contributed by atoms with Crippen LogP contribution < -0.4 is 5.32 Å². The van der Waals surface area contributed by atoms with Crippen LogP contribution in [-0.4, -0.2) is 22.0 Å². The van der Waals surface area contributed by atoms with E-state index in [1.807, 2.05) is 0 Å². The number of anilines is 1. The van der Waals surface area contributed by atoms with Gasteiger partial charge in [0, 0.05) is 11.1 Å². The lowest BCUT2D eigenvalue weighted by Gasteiger charge is -2.05. The second kappa shape index (κ2) is 5.38. The molecule has 0 saturated carbocycles. The number of hydrogen-bond donors (Lipinski definition) is 2. The number of carbonyl (C=O) groups excluding carboxylic acids is 1. The van der Waals surface area contributed by atoms with Crippen LogP contribution in [0, 0.1) is 6.92 Å². The molecule has 0 spiro atoms. The molecule has 0 fully saturated rings. The molecule has 0 saturated heterocycles. The maximum absolute atomic E-state index is 11.8. The molecule has 1 aromatic heterocycles. The lowest BCUT2D eigenvalue weighted by Crippen LogP contribution is -2.13. The molecule has 0 unspecified atom stereocenters. The van der Waals surface area contributed by atoms with Crippen molar-refractivity contribution in [1.29, 1.82) is 0 Å². The fraction of sp³-hybridized carbons (Fsp3) is 0.0833. The van der Waals surface area contributed by atoms with E-state index in [0.29, 0.717) is 11.4 Å². The van der Waals surface area contributed by atoms with Crippen LogP contribution in [0.3, 0.4) is 0 Å². The summed E-state index contributed by atoms with van der Waals surface area (Å²) in [5.41, 5.74) is 0.598. The van der Waals surface area contributed by atoms with E-state index in [2.05, 4.69) is 10.3 Å². The Morgan fingerprint density at radius 1 is 1.42 bits per heavy atom. The highest BCUT2D eigenvalue weighted by molar-refractivity contribution is 7.09. The number of aryl methyl sites for hydroxylation is 1. The molecule has 2 N–H and O–H groups in total. The average Bonchev–Trinajstić information content (AvgIpc) is 2.78. The summed E-state index contributed by atoms with van der Waals surface area (Å²) in [5, 5.41) is 14.1. The summed E-state index contributed by atoms with van der Waals surface area (Å²) < 4.78 is 0. The number of aromatic carboxylic acids is 1. The molecule has 5 nitrogen and oxygen atoms in total. The topological polar surface area (TPSA) is 79.3 Å². The van der Waals surface area contributed by atoms with Gasteiger partial charge in [0.05, 0.1) is 15.6 Å². The quantitative estimate of drug-likeness (QED) is 0.912. The number of nitrogens with one attached hydrogen (secondary N) is 1. The molecule has 1 amide bonds. The van der Waals surface area contributed by atoms with Gasteiger partial charge in [-0.3, -0.25) is 4.79 Å². The molecule has 0 aliphatic heterocycles. The van der Waals surface area contributed by atoms with Crippen LogP contribution in [0.2, 0.25) is 5.02 Å². The molecule has 1 heterocycles. The fourth-order valence-corrected chi connectivity index (χ4v) is 2.22. The molecule has 0 aliphatic rings. The third kappa shape index (κ3) is 3.10.